The molecule has 0 aliphatic carbocycles. The second-order valence-corrected chi connectivity index (χ2v) is 6.94. The van der Waals surface area contributed by atoms with Crippen molar-refractivity contribution >= 4 is 23.6 Å². The molecule has 0 saturated heterocycles. The maximum Gasteiger partial charge on any atom is 0.224 e. The quantitative estimate of drug-likeness (QED) is 0.496. The van der Waals surface area contributed by atoms with Crippen LogP contribution < -0.4 is 10.6 Å². The van der Waals surface area contributed by atoms with Gasteiger partial charge in [-0.3, -0.25) is 9.59 Å². The van der Waals surface area contributed by atoms with Crippen LogP contribution >= 0.6 is 11.8 Å². The molecule has 2 aromatic carbocycles. The van der Waals surface area contributed by atoms with Crippen molar-refractivity contribution in [3.63, 3.8) is 0 Å². The zero-order valence-corrected chi connectivity index (χ0v) is 15.4. The van der Waals surface area contributed by atoms with Gasteiger partial charge in [0, 0.05) is 24.4 Å². The van der Waals surface area contributed by atoms with Gasteiger partial charge >= 0.3 is 0 Å². The van der Waals surface area contributed by atoms with Gasteiger partial charge in [-0.05, 0) is 42.0 Å². The van der Waals surface area contributed by atoms with E-state index in [0.29, 0.717) is 19.5 Å². The summed E-state index contributed by atoms with van der Waals surface area (Å²) in [5.41, 5.74) is 0.952. The van der Waals surface area contributed by atoms with Crippen molar-refractivity contribution in [3.8, 4) is 0 Å². The number of carbonyl (C=O) groups excluding carboxylic acids is 2. The van der Waals surface area contributed by atoms with Crippen LogP contribution in [0.5, 0.6) is 0 Å². The monoisotopic (exact) mass is 374 g/mol. The van der Waals surface area contributed by atoms with E-state index >= 15 is 0 Å². The van der Waals surface area contributed by atoms with E-state index in [2.05, 4.69) is 10.6 Å². The smallest absolute Gasteiger partial charge is 0.224 e. The van der Waals surface area contributed by atoms with E-state index in [1.165, 1.54) is 12.1 Å². The Kier molecular flexibility index (Phi) is 8.69. The van der Waals surface area contributed by atoms with Crippen LogP contribution in [0.2, 0.25) is 0 Å². The molecular formula is C20H23FN2O2S. The Balaban J connectivity index is 1.49. The van der Waals surface area contributed by atoms with Crippen LogP contribution in [0.3, 0.4) is 0 Å². The Bertz CT molecular complexity index is 693. The molecule has 2 amide bonds. The SMILES string of the molecule is O=C(CCNC(=O)Cc1ccccc1)NCCCSc1ccc(F)cc1. The predicted octanol–water partition coefficient (Wildman–Crippen LogP) is 3.17. The minimum Gasteiger partial charge on any atom is -0.356 e. The first kappa shape index (κ1) is 20.0. The van der Waals surface area contributed by atoms with E-state index in [1.54, 1.807) is 23.9 Å². The summed E-state index contributed by atoms with van der Waals surface area (Å²) in [6, 6.07) is 15.9. The zero-order valence-electron chi connectivity index (χ0n) is 14.5. The van der Waals surface area contributed by atoms with Gasteiger partial charge in [-0.25, -0.2) is 4.39 Å². The molecule has 2 N–H and O–H groups in total. The van der Waals surface area contributed by atoms with E-state index in [1.807, 2.05) is 30.3 Å². The molecule has 4 nitrogen and oxygen atoms in total. The summed E-state index contributed by atoms with van der Waals surface area (Å²) in [6.07, 6.45) is 1.42. The van der Waals surface area contributed by atoms with Gasteiger partial charge in [0.25, 0.3) is 0 Å². The van der Waals surface area contributed by atoms with Gasteiger partial charge in [-0.2, -0.15) is 0 Å². The molecule has 0 bridgehead atoms. The Morgan fingerprint density at radius 3 is 2.31 bits per heavy atom. The van der Waals surface area contributed by atoms with Gasteiger partial charge in [-0.15, -0.1) is 11.8 Å². The Hall–Kier alpha value is -2.34. The molecule has 6 heteroatoms. The minimum atomic E-state index is -0.238. The second-order valence-electron chi connectivity index (χ2n) is 5.77. The molecule has 0 radical (unpaired) electrons. The summed E-state index contributed by atoms with van der Waals surface area (Å²) in [6.45, 7) is 0.923. The van der Waals surface area contributed by atoms with Gasteiger partial charge in [0.1, 0.15) is 5.82 Å². The number of rotatable bonds is 10. The van der Waals surface area contributed by atoms with Crippen LogP contribution in [0.25, 0.3) is 0 Å². The number of amides is 2. The summed E-state index contributed by atoms with van der Waals surface area (Å²) in [4.78, 5) is 24.5. The fourth-order valence-corrected chi connectivity index (χ4v) is 3.12. The molecule has 2 aromatic rings. The van der Waals surface area contributed by atoms with Crippen molar-refractivity contribution < 1.29 is 14.0 Å². The first-order valence-electron chi connectivity index (χ1n) is 8.59. The molecule has 0 spiro atoms. The third-order valence-corrected chi connectivity index (χ3v) is 4.71. The second kappa shape index (κ2) is 11.3. The lowest BCUT2D eigenvalue weighted by Crippen LogP contribution is -2.32. The summed E-state index contributed by atoms with van der Waals surface area (Å²) in [5.74, 6) is 0.452. The Morgan fingerprint density at radius 1 is 0.885 bits per heavy atom. The molecule has 0 unspecified atom stereocenters. The highest BCUT2D eigenvalue weighted by molar-refractivity contribution is 7.99. The lowest BCUT2D eigenvalue weighted by molar-refractivity contribution is -0.122. The van der Waals surface area contributed by atoms with Crippen LogP contribution in [0, 0.1) is 5.82 Å². The highest BCUT2D eigenvalue weighted by Gasteiger charge is 2.05. The molecule has 2 rings (SSSR count). The van der Waals surface area contributed by atoms with Crippen LogP contribution in [-0.4, -0.2) is 30.7 Å². The first-order chi connectivity index (χ1) is 12.6. The van der Waals surface area contributed by atoms with Gasteiger partial charge in [0.15, 0.2) is 0 Å². The summed E-state index contributed by atoms with van der Waals surface area (Å²) < 4.78 is 12.8. The predicted molar refractivity (Wildman–Crippen MR) is 103 cm³/mol. The van der Waals surface area contributed by atoms with Crippen LogP contribution in [-0.2, 0) is 16.0 Å². The van der Waals surface area contributed by atoms with E-state index in [4.69, 9.17) is 0 Å². The molecule has 138 valence electrons. The molecule has 26 heavy (non-hydrogen) atoms. The highest BCUT2D eigenvalue weighted by Crippen LogP contribution is 2.18. The number of nitrogens with one attached hydrogen (secondary N) is 2. The number of thioether (sulfide) groups is 1. The lowest BCUT2D eigenvalue weighted by atomic mass is 10.1. The van der Waals surface area contributed by atoms with Gasteiger partial charge in [0.05, 0.1) is 6.42 Å². The average Bonchev–Trinajstić information content (AvgIpc) is 2.64. The number of halogens is 1. The Labute approximate surface area is 157 Å². The van der Waals surface area contributed by atoms with Crippen molar-refractivity contribution in [2.24, 2.45) is 0 Å². The molecular weight excluding hydrogens is 351 g/mol. The molecule has 0 aromatic heterocycles. The molecule has 0 fully saturated rings. The maximum atomic E-state index is 12.8. The maximum absolute atomic E-state index is 12.8. The van der Waals surface area contributed by atoms with E-state index in [-0.39, 0.29) is 24.1 Å². The molecule has 0 aliphatic heterocycles. The number of benzene rings is 2. The van der Waals surface area contributed by atoms with Crippen LogP contribution in [0.4, 0.5) is 4.39 Å². The normalized spacial score (nSPS) is 10.3. The average molecular weight is 374 g/mol. The third-order valence-electron chi connectivity index (χ3n) is 3.61. The number of carbonyl (C=O) groups is 2. The molecule has 0 atom stereocenters. The fraction of sp³-hybridized carbons (Fsp3) is 0.300. The van der Waals surface area contributed by atoms with Crippen molar-refractivity contribution in [2.75, 3.05) is 18.8 Å². The van der Waals surface area contributed by atoms with Crippen molar-refractivity contribution in [1.82, 2.24) is 10.6 Å². The van der Waals surface area contributed by atoms with E-state index < -0.39 is 0 Å². The zero-order chi connectivity index (χ0) is 18.6. The lowest BCUT2D eigenvalue weighted by Gasteiger charge is -2.07. The summed E-state index contributed by atoms with van der Waals surface area (Å²) in [5, 5.41) is 5.59. The van der Waals surface area contributed by atoms with Gasteiger partial charge in [-0.1, -0.05) is 30.3 Å². The molecule has 0 aliphatic rings. The van der Waals surface area contributed by atoms with Crippen LogP contribution in [0.15, 0.2) is 59.5 Å². The van der Waals surface area contributed by atoms with Crippen molar-refractivity contribution in [2.45, 2.75) is 24.2 Å². The van der Waals surface area contributed by atoms with Crippen molar-refractivity contribution in [1.29, 1.82) is 0 Å². The molecule has 0 heterocycles. The van der Waals surface area contributed by atoms with Gasteiger partial charge in [0.2, 0.25) is 11.8 Å². The van der Waals surface area contributed by atoms with E-state index in [0.717, 1.165) is 22.6 Å². The van der Waals surface area contributed by atoms with E-state index in [9.17, 15) is 14.0 Å². The number of hydrogen-bond donors (Lipinski definition) is 2. The third kappa shape index (κ3) is 8.16. The summed E-state index contributed by atoms with van der Waals surface area (Å²) in [7, 11) is 0. The first-order valence-corrected chi connectivity index (χ1v) is 9.58. The topological polar surface area (TPSA) is 58.2 Å². The van der Waals surface area contributed by atoms with Gasteiger partial charge < -0.3 is 10.6 Å². The van der Waals surface area contributed by atoms with Crippen LogP contribution in [0.1, 0.15) is 18.4 Å². The standard InChI is InChI=1S/C20H23FN2O2S/c21-17-7-9-18(10-8-17)26-14-4-12-22-19(24)11-13-23-20(25)15-16-5-2-1-3-6-16/h1-3,5-10H,4,11-15H2,(H,22,24)(H,23,25). The fourth-order valence-electron chi connectivity index (χ4n) is 2.27. The van der Waals surface area contributed by atoms with Crippen molar-refractivity contribution in [3.05, 3.63) is 66.0 Å². The largest absolute Gasteiger partial charge is 0.356 e. The summed E-state index contributed by atoms with van der Waals surface area (Å²) >= 11 is 1.63. The minimum absolute atomic E-state index is 0.0724. The number of hydrogen-bond acceptors (Lipinski definition) is 3. The molecule has 0 saturated carbocycles. The Morgan fingerprint density at radius 2 is 1.58 bits per heavy atom. The highest BCUT2D eigenvalue weighted by atomic mass is 32.2.